The molecular weight excluding hydrogens is 236 g/mol. The Morgan fingerprint density at radius 2 is 2.12 bits per heavy atom. The second-order valence-electron chi connectivity index (χ2n) is 4.93. The minimum absolute atomic E-state index is 0.421. The molecule has 17 heavy (non-hydrogen) atoms. The van der Waals surface area contributed by atoms with Crippen LogP contribution in [0.1, 0.15) is 12.6 Å². The van der Waals surface area contributed by atoms with Crippen LogP contribution in [0.5, 0.6) is 0 Å². The van der Waals surface area contributed by atoms with Gasteiger partial charge in [-0.15, -0.1) is 16.7 Å². The third-order valence-electron chi connectivity index (χ3n) is 3.40. The Labute approximate surface area is 108 Å². The zero-order valence-electron chi connectivity index (χ0n) is 10.6. The molecule has 5 heteroatoms. The molecule has 0 aromatic carbocycles. The van der Waals surface area contributed by atoms with Gasteiger partial charge in [-0.25, -0.2) is 0 Å². The highest BCUT2D eigenvalue weighted by Crippen LogP contribution is 2.24. The third kappa shape index (κ3) is 2.69. The Morgan fingerprint density at radius 3 is 2.59 bits per heavy atom. The van der Waals surface area contributed by atoms with Crippen LogP contribution in [-0.4, -0.2) is 48.3 Å². The van der Waals surface area contributed by atoms with Crippen LogP contribution in [0.4, 0.5) is 5.82 Å². The van der Waals surface area contributed by atoms with Gasteiger partial charge in [0.15, 0.2) is 5.82 Å². The highest BCUT2D eigenvalue weighted by atomic mass is 35.5. The number of rotatable bonds is 3. The first-order valence-corrected chi connectivity index (χ1v) is 6.45. The highest BCUT2D eigenvalue weighted by Gasteiger charge is 2.31. The molecule has 1 aliphatic heterocycles. The number of aromatic nitrogens is 2. The Bertz CT molecular complexity index is 365. The van der Waals surface area contributed by atoms with E-state index < -0.39 is 0 Å². The van der Waals surface area contributed by atoms with Gasteiger partial charge in [-0.05, 0) is 32.1 Å². The van der Waals surface area contributed by atoms with E-state index in [1.165, 1.54) is 0 Å². The fourth-order valence-electron chi connectivity index (χ4n) is 2.40. The Hall–Kier alpha value is -0.870. The number of anilines is 1. The van der Waals surface area contributed by atoms with Crippen molar-refractivity contribution in [2.75, 3.05) is 32.1 Å². The van der Waals surface area contributed by atoms with E-state index in [0.29, 0.717) is 17.8 Å². The first kappa shape index (κ1) is 12.6. The van der Waals surface area contributed by atoms with Crippen molar-refractivity contribution in [3.05, 3.63) is 17.8 Å². The van der Waals surface area contributed by atoms with Crippen LogP contribution >= 0.6 is 11.6 Å². The minimum Gasteiger partial charge on any atom is -0.353 e. The number of hydrogen-bond acceptors (Lipinski definition) is 4. The van der Waals surface area contributed by atoms with Crippen molar-refractivity contribution in [3.63, 3.8) is 0 Å². The molecule has 0 N–H and O–H groups in total. The molecule has 0 bridgehead atoms. The fraction of sp³-hybridized carbons (Fsp3) is 0.667. The Morgan fingerprint density at radius 1 is 1.35 bits per heavy atom. The fourth-order valence-corrected chi connectivity index (χ4v) is 2.54. The molecule has 2 atom stereocenters. The number of likely N-dealkylation sites (N-methyl/N-ethyl adjacent to an activating group) is 1. The average Bonchev–Trinajstić information content (AvgIpc) is 2.71. The van der Waals surface area contributed by atoms with Crippen LogP contribution in [-0.2, 0) is 5.88 Å². The first-order valence-electron chi connectivity index (χ1n) is 5.91. The predicted molar refractivity (Wildman–Crippen MR) is 70.4 cm³/mol. The van der Waals surface area contributed by atoms with E-state index in [-0.39, 0.29) is 0 Å². The molecule has 0 spiro atoms. The Balaban J connectivity index is 2.08. The smallest absolute Gasteiger partial charge is 0.151 e. The van der Waals surface area contributed by atoms with Crippen LogP contribution in [0.3, 0.4) is 0 Å². The zero-order valence-corrected chi connectivity index (χ0v) is 11.4. The van der Waals surface area contributed by atoms with Gasteiger partial charge in [-0.1, -0.05) is 6.92 Å². The second kappa shape index (κ2) is 5.19. The van der Waals surface area contributed by atoms with Gasteiger partial charge in [0.2, 0.25) is 0 Å². The molecule has 1 aromatic heterocycles. The lowest BCUT2D eigenvalue weighted by molar-refractivity contribution is 0.266. The van der Waals surface area contributed by atoms with Gasteiger partial charge < -0.3 is 9.80 Å². The molecular formula is C12H19ClN4. The van der Waals surface area contributed by atoms with Crippen LogP contribution in [0.25, 0.3) is 0 Å². The maximum atomic E-state index is 5.70. The average molecular weight is 255 g/mol. The normalized spacial score (nSPS) is 24.6. The molecule has 1 aliphatic rings. The molecule has 94 valence electrons. The summed E-state index contributed by atoms with van der Waals surface area (Å²) in [6.45, 7) is 4.34. The summed E-state index contributed by atoms with van der Waals surface area (Å²) < 4.78 is 0. The second-order valence-corrected chi connectivity index (χ2v) is 5.20. The van der Waals surface area contributed by atoms with E-state index >= 15 is 0 Å². The van der Waals surface area contributed by atoms with Crippen molar-refractivity contribution in [2.45, 2.75) is 18.8 Å². The van der Waals surface area contributed by atoms with Crippen LogP contribution in [0, 0.1) is 5.92 Å². The van der Waals surface area contributed by atoms with E-state index in [4.69, 9.17) is 11.6 Å². The number of alkyl halides is 1. The first-order chi connectivity index (χ1) is 8.11. The quantitative estimate of drug-likeness (QED) is 0.767. The van der Waals surface area contributed by atoms with Crippen molar-refractivity contribution in [1.82, 2.24) is 15.1 Å². The molecule has 2 unspecified atom stereocenters. The number of nitrogens with zero attached hydrogens (tertiary/aromatic N) is 4. The molecule has 1 fully saturated rings. The van der Waals surface area contributed by atoms with Gasteiger partial charge in [0.25, 0.3) is 0 Å². The molecule has 4 nitrogen and oxygen atoms in total. The third-order valence-corrected chi connectivity index (χ3v) is 3.68. The van der Waals surface area contributed by atoms with E-state index in [2.05, 4.69) is 41.0 Å². The van der Waals surface area contributed by atoms with E-state index in [1.807, 2.05) is 12.1 Å². The molecule has 1 aromatic rings. The topological polar surface area (TPSA) is 32.3 Å². The summed E-state index contributed by atoms with van der Waals surface area (Å²) in [4.78, 5) is 4.57. The number of hydrogen-bond donors (Lipinski definition) is 0. The van der Waals surface area contributed by atoms with Crippen LogP contribution < -0.4 is 4.90 Å². The van der Waals surface area contributed by atoms with Gasteiger partial charge in [-0.3, -0.25) is 0 Å². The lowest BCUT2D eigenvalue weighted by Crippen LogP contribution is -2.34. The van der Waals surface area contributed by atoms with E-state index in [9.17, 15) is 0 Å². The summed E-state index contributed by atoms with van der Waals surface area (Å²) in [5.74, 6) is 2.03. The molecule has 0 aliphatic carbocycles. The molecule has 0 amide bonds. The van der Waals surface area contributed by atoms with Crippen molar-refractivity contribution >= 4 is 17.4 Å². The van der Waals surface area contributed by atoms with Crippen molar-refractivity contribution < 1.29 is 0 Å². The van der Waals surface area contributed by atoms with Crippen molar-refractivity contribution in [3.8, 4) is 0 Å². The summed E-state index contributed by atoms with van der Waals surface area (Å²) in [6.07, 6.45) is 0. The molecule has 1 saturated heterocycles. The van der Waals surface area contributed by atoms with E-state index in [0.717, 1.165) is 24.6 Å². The largest absolute Gasteiger partial charge is 0.353 e. The lowest BCUT2D eigenvalue weighted by atomic mass is 10.1. The molecule has 0 radical (unpaired) electrons. The van der Waals surface area contributed by atoms with Gasteiger partial charge in [0.1, 0.15) is 0 Å². The predicted octanol–water partition coefficient (Wildman–Crippen LogP) is 1.60. The van der Waals surface area contributed by atoms with Gasteiger partial charge in [0, 0.05) is 19.1 Å². The summed E-state index contributed by atoms with van der Waals surface area (Å²) in [7, 11) is 4.26. The summed E-state index contributed by atoms with van der Waals surface area (Å²) in [5, 5.41) is 8.33. The zero-order chi connectivity index (χ0) is 12.4. The summed E-state index contributed by atoms with van der Waals surface area (Å²) in [6, 6.07) is 4.54. The standard InChI is InChI=1S/C12H19ClN4/c1-9-7-17(8-11(9)16(2)3)12-5-4-10(6-13)14-15-12/h4-5,9,11H,6-8H2,1-3H3. The Kier molecular flexibility index (Phi) is 3.84. The monoisotopic (exact) mass is 254 g/mol. The minimum atomic E-state index is 0.421. The highest BCUT2D eigenvalue weighted by molar-refractivity contribution is 6.16. The van der Waals surface area contributed by atoms with Crippen molar-refractivity contribution in [1.29, 1.82) is 0 Å². The van der Waals surface area contributed by atoms with Crippen LogP contribution in [0.15, 0.2) is 12.1 Å². The van der Waals surface area contributed by atoms with Gasteiger partial charge in [0.05, 0.1) is 11.6 Å². The maximum Gasteiger partial charge on any atom is 0.151 e. The van der Waals surface area contributed by atoms with Gasteiger partial charge >= 0.3 is 0 Å². The molecule has 2 rings (SSSR count). The summed E-state index contributed by atoms with van der Waals surface area (Å²) >= 11 is 5.70. The SMILES string of the molecule is CC1CN(c2ccc(CCl)nn2)CC1N(C)C. The van der Waals surface area contributed by atoms with E-state index in [1.54, 1.807) is 0 Å². The summed E-state index contributed by atoms with van der Waals surface area (Å²) in [5.41, 5.74) is 0.826. The maximum absolute atomic E-state index is 5.70. The van der Waals surface area contributed by atoms with Crippen molar-refractivity contribution in [2.24, 2.45) is 5.92 Å². The number of halogens is 1. The van der Waals surface area contributed by atoms with Gasteiger partial charge in [-0.2, -0.15) is 5.10 Å². The molecule has 2 heterocycles. The lowest BCUT2D eigenvalue weighted by Gasteiger charge is -2.22. The van der Waals surface area contributed by atoms with Crippen LogP contribution in [0.2, 0.25) is 0 Å². The molecule has 0 saturated carbocycles.